The van der Waals surface area contributed by atoms with E-state index in [2.05, 4.69) is 37.2 Å². The van der Waals surface area contributed by atoms with Crippen molar-refractivity contribution in [1.29, 1.82) is 0 Å². The van der Waals surface area contributed by atoms with Crippen molar-refractivity contribution < 1.29 is 4.79 Å². The number of carbonyl (C=O) groups is 1. The third-order valence-electron chi connectivity index (χ3n) is 3.98. The largest absolute Gasteiger partial charge is 0.301 e. The summed E-state index contributed by atoms with van der Waals surface area (Å²) in [6, 6.07) is 8.04. The van der Waals surface area contributed by atoms with Crippen molar-refractivity contribution in [1.82, 2.24) is 9.88 Å². The van der Waals surface area contributed by atoms with Crippen molar-refractivity contribution in [3.8, 4) is 0 Å². The van der Waals surface area contributed by atoms with Crippen molar-refractivity contribution in [3.05, 3.63) is 40.9 Å². The second-order valence-corrected chi connectivity index (χ2v) is 6.89. The molecule has 2 rings (SSSR count). The molecule has 0 N–H and O–H groups in total. The molecule has 1 heterocycles. The maximum atomic E-state index is 12.3. The Bertz CT molecular complexity index is 668. The van der Waals surface area contributed by atoms with Crippen LogP contribution in [0.1, 0.15) is 44.9 Å². The third-order valence-corrected chi connectivity index (χ3v) is 4.86. The van der Waals surface area contributed by atoms with Crippen LogP contribution in [0.2, 0.25) is 0 Å². The van der Waals surface area contributed by atoms with Crippen LogP contribution in [-0.2, 0) is 17.8 Å². The molecule has 0 saturated heterocycles. The first kappa shape index (κ1) is 18.6. The molecule has 0 aliphatic heterocycles. The fourth-order valence-electron chi connectivity index (χ4n) is 2.69. The maximum absolute atomic E-state index is 12.3. The molecule has 130 valence electrons. The molecule has 5 heteroatoms. The summed E-state index contributed by atoms with van der Waals surface area (Å²) in [6.45, 7) is 7.79. The number of aryl methyl sites for hydroxylation is 1. The molecule has 4 nitrogen and oxygen atoms in total. The van der Waals surface area contributed by atoms with E-state index < -0.39 is 0 Å². The number of aromatic nitrogens is 1. The Morgan fingerprint density at radius 3 is 2.67 bits per heavy atom. The number of rotatable bonds is 8. The summed E-state index contributed by atoms with van der Waals surface area (Å²) in [6.07, 6.45) is 3.27. The smallest absolute Gasteiger partial charge is 0.230 e. The number of amides is 1. The molecular weight excluding hydrogens is 318 g/mol. The van der Waals surface area contributed by atoms with Gasteiger partial charge in [-0.05, 0) is 38.1 Å². The summed E-state index contributed by atoms with van der Waals surface area (Å²) in [5.41, 5.74) is 3.12. The first-order valence-electron chi connectivity index (χ1n) is 8.58. The number of para-hydroxylation sites is 1. The summed E-state index contributed by atoms with van der Waals surface area (Å²) >= 11 is 1.53. The molecule has 1 aromatic heterocycles. The number of carbonyl (C=O) groups excluding carboxylic acids is 1. The van der Waals surface area contributed by atoms with E-state index in [0.29, 0.717) is 0 Å². The summed E-state index contributed by atoms with van der Waals surface area (Å²) in [4.78, 5) is 21.0. The highest BCUT2D eigenvalue weighted by atomic mass is 32.1. The van der Waals surface area contributed by atoms with Gasteiger partial charge in [0.2, 0.25) is 5.91 Å². The first-order chi connectivity index (χ1) is 11.6. The lowest BCUT2D eigenvalue weighted by Gasteiger charge is -2.21. The minimum Gasteiger partial charge on any atom is -0.301 e. The van der Waals surface area contributed by atoms with Gasteiger partial charge < -0.3 is 4.90 Å². The monoisotopic (exact) mass is 345 g/mol. The second-order valence-electron chi connectivity index (χ2n) is 6.05. The SMILES string of the molecule is CCCCN(C)Cc1csc(N(C(C)=O)c2ccccc2CC)n1. The van der Waals surface area contributed by atoms with Gasteiger partial charge in [0.25, 0.3) is 0 Å². The number of thiazole rings is 1. The van der Waals surface area contributed by atoms with Crippen molar-refractivity contribution in [3.63, 3.8) is 0 Å². The molecule has 24 heavy (non-hydrogen) atoms. The van der Waals surface area contributed by atoms with Crippen LogP contribution in [0.3, 0.4) is 0 Å². The van der Waals surface area contributed by atoms with Gasteiger partial charge in [0, 0.05) is 18.8 Å². The van der Waals surface area contributed by atoms with Gasteiger partial charge in [-0.15, -0.1) is 11.3 Å². The molecule has 2 aromatic rings. The van der Waals surface area contributed by atoms with Crippen LogP contribution < -0.4 is 4.90 Å². The molecule has 0 unspecified atom stereocenters. The van der Waals surface area contributed by atoms with Crippen LogP contribution in [0.15, 0.2) is 29.6 Å². The Morgan fingerprint density at radius 1 is 1.25 bits per heavy atom. The van der Waals surface area contributed by atoms with Crippen molar-refractivity contribution >= 4 is 28.1 Å². The lowest BCUT2D eigenvalue weighted by Crippen LogP contribution is -2.24. The average Bonchev–Trinajstić information content (AvgIpc) is 3.01. The Labute approximate surface area is 149 Å². The first-order valence-corrected chi connectivity index (χ1v) is 9.46. The number of nitrogens with zero attached hydrogens (tertiary/aromatic N) is 3. The van der Waals surface area contributed by atoms with Crippen LogP contribution in [0.25, 0.3) is 0 Å². The van der Waals surface area contributed by atoms with Gasteiger partial charge in [-0.3, -0.25) is 9.69 Å². The highest BCUT2D eigenvalue weighted by Crippen LogP contribution is 2.31. The number of hydrogen-bond acceptors (Lipinski definition) is 4. The van der Waals surface area contributed by atoms with Crippen molar-refractivity contribution in [2.75, 3.05) is 18.5 Å². The van der Waals surface area contributed by atoms with E-state index in [4.69, 9.17) is 4.98 Å². The van der Waals surface area contributed by atoms with Crippen molar-refractivity contribution in [2.45, 2.75) is 46.6 Å². The fourth-order valence-corrected chi connectivity index (χ4v) is 3.56. The molecule has 0 aliphatic rings. The van der Waals surface area contributed by atoms with Gasteiger partial charge in [0.05, 0.1) is 11.4 Å². The fraction of sp³-hybridized carbons (Fsp3) is 0.474. The quantitative estimate of drug-likeness (QED) is 0.700. The van der Waals surface area contributed by atoms with E-state index >= 15 is 0 Å². The predicted octanol–water partition coefficient (Wildman–Crippen LogP) is 4.62. The molecule has 0 aliphatic carbocycles. The Balaban J connectivity index is 2.22. The van der Waals surface area contributed by atoms with Crippen LogP contribution in [0, 0.1) is 0 Å². The highest BCUT2D eigenvalue weighted by molar-refractivity contribution is 7.14. The zero-order valence-electron chi connectivity index (χ0n) is 15.1. The summed E-state index contributed by atoms with van der Waals surface area (Å²) in [5, 5.41) is 2.81. The number of hydrogen-bond donors (Lipinski definition) is 0. The Hall–Kier alpha value is -1.72. The maximum Gasteiger partial charge on any atom is 0.230 e. The van der Waals surface area contributed by atoms with Gasteiger partial charge in [0.15, 0.2) is 5.13 Å². The molecule has 0 fully saturated rings. The number of unbranched alkanes of at least 4 members (excludes halogenated alkanes) is 1. The standard InChI is InChI=1S/C19H27N3OS/c1-5-7-12-21(4)13-17-14-24-19(20-17)22(15(3)23)18-11-9-8-10-16(18)6-2/h8-11,14H,5-7,12-13H2,1-4H3. The van der Waals surface area contributed by atoms with Gasteiger partial charge in [-0.2, -0.15) is 0 Å². The Morgan fingerprint density at radius 2 is 2.00 bits per heavy atom. The van der Waals surface area contributed by atoms with E-state index in [1.165, 1.54) is 24.2 Å². The molecule has 0 atom stereocenters. The molecule has 0 bridgehead atoms. The molecule has 0 radical (unpaired) electrons. The normalized spacial score (nSPS) is 11.0. The van der Waals surface area contributed by atoms with Gasteiger partial charge in [-0.1, -0.05) is 38.5 Å². The van der Waals surface area contributed by atoms with E-state index in [1.54, 1.807) is 11.8 Å². The second kappa shape index (κ2) is 8.94. The van der Waals surface area contributed by atoms with Gasteiger partial charge in [-0.25, -0.2) is 4.98 Å². The zero-order chi connectivity index (χ0) is 17.5. The zero-order valence-corrected chi connectivity index (χ0v) is 15.9. The van der Waals surface area contributed by atoms with Gasteiger partial charge in [0.1, 0.15) is 0 Å². The predicted molar refractivity (Wildman–Crippen MR) is 102 cm³/mol. The Kier molecular flexibility index (Phi) is 6.94. The lowest BCUT2D eigenvalue weighted by molar-refractivity contribution is -0.115. The van der Waals surface area contributed by atoms with E-state index in [0.717, 1.165) is 41.6 Å². The molecular formula is C19H27N3OS. The van der Waals surface area contributed by atoms with E-state index in [1.807, 2.05) is 18.2 Å². The van der Waals surface area contributed by atoms with Gasteiger partial charge >= 0.3 is 0 Å². The lowest BCUT2D eigenvalue weighted by atomic mass is 10.1. The average molecular weight is 346 g/mol. The van der Waals surface area contributed by atoms with Crippen LogP contribution >= 0.6 is 11.3 Å². The highest BCUT2D eigenvalue weighted by Gasteiger charge is 2.20. The summed E-state index contributed by atoms with van der Waals surface area (Å²) < 4.78 is 0. The van der Waals surface area contributed by atoms with Crippen molar-refractivity contribution in [2.24, 2.45) is 0 Å². The van der Waals surface area contributed by atoms with Crippen LogP contribution in [0.4, 0.5) is 10.8 Å². The third kappa shape index (κ3) is 4.65. The van der Waals surface area contributed by atoms with E-state index in [9.17, 15) is 4.79 Å². The topological polar surface area (TPSA) is 36.4 Å². The van der Waals surface area contributed by atoms with Crippen LogP contribution in [0.5, 0.6) is 0 Å². The summed E-state index contributed by atoms with van der Waals surface area (Å²) in [5.74, 6) is -0.00358. The molecule has 0 saturated carbocycles. The minimum absolute atomic E-state index is 0.00358. The molecule has 1 aromatic carbocycles. The number of anilines is 2. The number of benzene rings is 1. The molecule has 1 amide bonds. The van der Waals surface area contributed by atoms with Crippen LogP contribution in [-0.4, -0.2) is 29.4 Å². The molecule has 0 spiro atoms. The van der Waals surface area contributed by atoms with E-state index in [-0.39, 0.29) is 5.91 Å². The summed E-state index contributed by atoms with van der Waals surface area (Å²) in [7, 11) is 2.11. The minimum atomic E-state index is -0.00358.